The molecule has 150 valence electrons. The van der Waals surface area contributed by atoms with Crippen molar-refractivity contribution in [1.82, 2.24) is 9.21 Å². The molecular formula is C21H26N2O3S2. The van der Waals surface area contributed by atoms with Crippen LogP contribution in [-0.2, 0) is 16.4 Å². The fourth-order valence-corrected chi connectivity index (χ4v) is 6.78. The van der Waals surface area contributed by atoms with Gasteiger partial charge in [-0.3, -0.25) is 4.79 Å². The van der Waals surface area contributed by atoms with E-state index in [2.05, 4.69) is 18.4 Å². The third-order valence-electron chi connectivity index (χ3n) is 5.78. The van der Waals surface area contributed by atoms with Gasteiger partial charge in [0, 0.05) is 30.1 Å². The number of hydrogen-bond acceptors (Lipinski definition) is 4. The quantitative estimate of drug-likeness (QED) is 0.752. The first-order chi connectivity index (χ1) is 13.5. The van der Waals surface area contributed by atoms with Crippen molar-refractivity contribution in [2.24, 2.45) is 0 Å². The summed E-state index contributed by atoms with van der Waals surface area (Å²) in [4.78, 5) is 16.8. The second-order valence-electron chi connectivity index (χ2n) is 7.46. The average molecular weight is 419 g/mol. The largest absolute Gasteiger partial charge is 0.331 e. The number of benzene rings is 1. The molecule has 1 aromatic heterocycles. The highest BCUT2D eigenvalue weighted by Gasteiger charge is 2.32. The molecule has 28 heavy (non-hydrogen) atoms. The molecule has 1 atom stereocenters. The van der Waals surface area contributed by atoms with E-state index < -0.39 is 10.0 Å². The number of fused-ring (bicyclic) bond motifs is 1. The van der Waals surface area contributed by atoms with Gasteiger partial charge >= 0.3 is 0 Å². The van der Waals surface area contributed by atoms with E-state index in [-0.39, 0.29) is 16.8 Å². The van der Waals surface area contributed by atoms with Crippen LogP contribution in [0.3, 0.4) is 0 Å². The van der Waals surface area contributed by atoms with Gasteiger partial charge in [-0.1, -0.05) is 19.4 Å². The molecule has 1 aromatic carbocycles. The molecule has 0 saturated carbocycles. The molecule has 0 aliphatic carbocycles. The van der Waals surface area contributed by atoms with Crippen molar-refractivity contribution in [3.63, 3.8) is 0 Å². The molecule has 5 nitrogen and oxygen atoms in total. The molecule has 4 rings (SSSR count). The van der Waals surface area contributed by atoms with Crippen molar-refractivity contribution >= 4 is 27.3 Å². The lowest BCUT2D eigenvalue weighted by Crippen LogP contribution is -2.39. The van der Waals surface area contributed by atoms with Crippen LogP contribution in [0.25, 0.3) is 0 Å². The minimum absolute atomic E-state index is 0.0601. The van der Waals surface area contributed by atoms with Crippen molar-refractivity contribution in [2.75, 3.05) is 19.6 Å². The Kier molecular flexibility index (Phi) is 5.58. The zero-order valence-electron chi connectivity index (χ0n) is 16.1. The summed E-state index contributed by atoms with van der Waals surface area (Å²) in [6.07, 6.45) is 4.57. The van der Waals surface area contributed by atoms with Crippen LogP contribution in [0.4, 0.5) is 0 Å². The monoisotopic (exact) mass is 418 g/mol. The highest BCUT2D eigenvalue weighted by Crippen LogP contribution is 2.36. The van der Waals surface area contributed by atoms with Crippen molar-refractivity contribution in [3.05, 3.63) is 51.7 Å². The Morgan fingerprint density at radius 2 is 1.93 bits per heavy atom. The van der Waals surface area contributed by atoms with Crippen LogP contribution in [0.2, 0.25) is 0 Å². The van der Waals surface area contributed by atoms with E-state index in [1.54, 1.807) is 39.9 Å². The molecule has 1 saturated heterocycles. The summed E-state index contributed by atoms with van der Waals surface area (Å²) < 4.78 is 27.5. The van der Waals surface area contributed by atoms with Gasteiger partial charge in [0.1, 0.15) is 0 Å². The number of nitrogens with zero attached hydrogens (tertiary/aromatic N) is 2. The predicted molar refractivity (Wildman–Crippen MR) is 111 cm³/mol. The summed E-state index contributed by atoms with van der Waals surface area (Å²) >= 11 is 1.75. The summed E-state index contributed by atoms with van der Waals surface area (Å²) in [5, 5.41) is 2.09. The SMILES string of the molecule is CC[C@@H]1c2ccsc2CCN1C(=O)c1cccc(S(=O)(=O)N2CCCCC2)c1. The molecule has 1 amide bonds. The van der Waals surface area contributed by atoms with Crippen molar-refractivity contribution in [2.45, 2.75) is 50.0 Å². The average Bonchev–Trinajstić information content (AvgIpc) is 3.22. The molecule has 0 bridgehead atoms. The Balaban J connectivity index is 1.61. The van der Waals surface area contributed by atoms with Gasteiger partial charge in [0.2, 0.25) is 10.0 Å². The zero-order valence-corrected chi connectivity index (χ0v) is 17.8. The maximum Gasteiger partial charge on any atom is 0.254 e. The van der Waals surface area contributed by atoms with Crippen LogP contribution >= 0.6 is 11.3 Å². The molecule has 2 aliphatic heterocycles. The summed E-state index contributed by atoms with van der Waals surface area (Å²) in [5.74, 6) is -0.0839. The number of carbonyl (C=O) groups is 1. The van der Waals surface area contributed by atoms with Crippen LogP contribution < -0.4 is 0 Å². The number of carbonyl (C=O) groups excluding carboxylic acids is 1. The minimum atomic E-state index is -3.54. The van der Waals surface area contributed by atoms with Crippen LogP contribution in [0.1, 0.15) is 59.4 Å². The van der Waals surface area contributed by atoms with Crippen LogP contribution in [-0.4, -0.2) is 43.2 Å². The molecule has 7 heteroatoms. The lowest BCUT2D eigenvalue weighted by atomic mass is 9.97. The van der Waals surface area contributed by atoms with Gasteiger partial charge < -0.3 is 4.90 Å². The van der Waals surface area contributed by atoms with Gasteiger partial charge in [-0.05, 0) is 60.9 Å². The van der Waals surface area contributed by atoms with Crippen LogP contribution in [0.5, 0.6) is 0 Å². The normalized spacial score (nSPS) is 20.8. The van der Waals surface area contributed by atoms with Crippen LogP contribution in [0.15, 0.2) is 40.6 Å². The summed E-state index contributed by atoms with van der Waals surface area (Å²) in [5.41, 5.74) is 1.69. The summed E-state index contributed by atoms with van der Waals surface area (Å²) in [6.45, 7) is 3.89. The Labute approximate surface area is 171 Å². The van der Waals surface area contributed by atoms with Crippen molar-refractivity contribution in [1.29, 1.82) is 0 Å². The van der Waals surface area contributed by atoms with Crippen LogP contribution in [0, 0.1) is 0 Å². The van der Waals surface area contributed by atoms with Gasteiger partial charge in [-0.2, -0.15) is 4.31 Å². The Hall–Kier alpha value is -1.70. The number of rotatable bonds is 4. The molecular weight excluding hydrogens is 392 g/mol. The van der Waals surface area contributed by atoms with E-state index in [1.165, 1.54) is 10.4 Å². The smallest absolute Gasteiger partial charge is 0.254 e. The Bertz CT molecular complexity index is 962. The van der Waals surface area contributed by atoms with Gasteiger partial charge in [-0.15, -0.1) is 11.3 Å². The highest BCUT2D eigenvalue weighted by atomic mass is 32.2. The van der Waals surface area contributed by atoms with E-state index in [4.69, 9.17) is 0 Å². The number of thiophene rings is 1. The second kappa shape index (κ2) is 7.97. The Morgan fingerprint density at radius 1 is 1.14 bits per heavy atom. The van der Waals surface area contributed by atoms with E-state index in [0.717, 1.165) is 32.1 Å². The van der Waals surface area contributed by atoms with Gasteiger partial charge in [-0.25, -0.2) is 8.42 Å². The first kappa shape index (κ1) is 19.6. The maximum absolute atomic E-state index is 13.3. The van der Waals surface area contributed by atoms with Gasteiger partial charge in [0.15, 0.2) is 0 Å². The summed E-state index contributed by atoms with van der Waals surface area (Å²) in [6, 6.07) is 8.75. The lowest BCUT2D eigenvalue weighted by Gasteiger charge is -2.35. The van der Waals surface area contributed by atoms with Gasteiger partial charge in [0.25, 0.3) is 5.91 Å². The molecule has 0 unspecified atom stereocenters. The maximum atomic E-state index is 13.3. The first-order valence-electron chi connectivity index (χ1n) is 10.00. The van der Waals surface area contributed by atoms with E-state index in [0.29, 0.717) is 25.2 Å². The molecule has 3 heterocycles. The first-order valence-corrected chi connectivity index (χ1v) is 12.3. The fourth-order valence-electron chi connectivity index (χ4n) is 4.29. The topological polar surface area (TPSA) is 57.7 Å². The highest BCUT2D eigenvalue weighted by molar-refractivity contribution is 7.89. The van der Waals surface area contributed by atoms with Gasteiger partial charge in [0.05, 0.1) is 10.9 Å². The fraction of sp³-hybridized carbons (Fsp3) is 0.476. The number of sulfonamides is 1. The third-order valence-corrected chi connectivity index (χ3v) is 8.67. The lowest BCUT2D eigenvalue weighted by molar-refractivity contribution is 0.0657. The number of piperidine rings is 1. The molecule has 2 aliphatic rings. The molecule has 1 fully saturated rings. The predicted octanol–water partition coefficient (Wildman–Crippen LogP) is 4.07. The zero-order chi connectivity index (χ0) is 19.7. The second-order valence-corrected chi connectivity index (χ2v) is 10.4. The van der Waals surface area contributed by atoms with E-state index >= 15 is 0 Å². The minimum Gasteiger partial charge on any atom is -0.331 e. The molecule has 2 aromatic rings. The standard InChI is InChI=1S/C21H26N2O3S2/c1-2-19-18-10-14-27-20(18)9-13-23(19)21(24)16-7-6-8-17(15-16)28(25,26)22-11-4-3-5-12-22/h6-8,10,14-15,19H,2-5,9,11-13H2,1H3/t19-/m1/s1. The van der Waals surface area contributed by atoms with Crippen molar-refractivity contribution in [3.8, 4) is 0 Å². The van der Waals surface area contributed by atoms with E-state index in [1.807, 2.05) is 4.90 Å². The Morgan fingerprint density at radius 3 is 2.68 bits per heavy atom. The molecule has 0 radical (unpaired) electrons. The third kappa shape index (κ3) is 3.51. The summed E-state index contributed by atoms with van der Waals surface area (Å²) in [7, 11) is -3.54. The van der Waals surface area contributed by atoms with Crippen molar-refractivity contribution < 1.29 is 13.2 Å². The molecule has 0 spiro atoms. The molecule has 0 N–H and O–H groups in total. The number of hydrogen-bond donors (Lipinski definition) is 0. The number of amides is 1. The van der Waals surface area contributed by atoms with E-state index in [9.17, 15) is 13.2 Å².